The minimum Gasteiger partial charge on any atom is -0.418 e. The van der Waals surface area contributed by atoms with Gasteiger partial charge in [-0.2, -0.15) is 0 Å². The Balaban J connectivity index is 1.79. The molecule has 198 valence electrons. The average molecular weight is 495 g/mol. The van der Waals surface area contributed by atoms with Gasteiger partial charge >= 0.3 is 11.9 Å². The summed E-state index contributed by atoms with van der Waals surface area (Å²) in [6, 6.07) is 13.3. The van der Waals surface area contributed by atoms with Crippen molar-refractivity contribution in [3.05, 3.63) is 59.2 Å². The fourth-order valence-electron chi connectivity index (χ4n) is 4.40. The van der Waals surface area contributed by atoms with Crippen molar-refractivity contribution in [1.29, 1.82) is 0 Å². The maximum atomic E-state index is 12.4. The molecule has 0 saturated carbocycles. The smallest absolute Gasteiger partial charge is 0.418 e. The zero-order valence-electron chi connectivity index (χ0n) is 22.8. The molecule has 0 saturated heterocycles. The highest BCUT2D eigenvalue weighted by molar-refractivity contribution is 6.31. The van der Waals surface area contributed by atoms with Crippen molar-refractivity contribution in [2.45, 2.75) is 117 Å². The molecule has 0 aliphatic heterocycles. The van der Waals surface area contributed by atoms with E-state index >= 15 is 0 Å². The van der Waals surface area contributed by atoms with Gasteiger partial charge in [-0.1, -0.05) is 109 Å². The molecule has 0 aliphatic rings. The Hall–Kier alpha value is -2.62. The Morgan fingerprint density at radius 3 is 1.67 bits per heavy atom. The van der Waals surface area contributed by atoms with Crippen LogP contribution in [0.25, 0.3) is 0 Å². The summed E-state index contributed by atoms with van der Waals surface area (Å²) in [5.41, 5.74) is 3.38. The standard InChI is InChI=1S/C32H46O4/c1-4-7-9-11-13-15-17-26-19-22-29(23-20-26)35-31(33)32(34)36-30-24-21-27(25-28(30)6-3)18-16-14-12-10-8-5-2/h19-25H,4-18H2,1-3H3. The first-order valence-electron chi connectivity index (χ1n) is 14.2. The molecule has 0 heterocycles. The Morgan fingerprint density at radius 2 is 1.08 bits per heavy atom. The van der Waals surface area contributed by atoms with Crippen LogP contribution in [0.2, 0.25) is 0 Å². The SMILES string of the molecule is CCCCCCCCc1ccc(OC(=O)C(=O)Oc2ccc(CCCCCCCC)cc2CC)cc1. The van der Waals surface area contributed by atoms with Gasteiger partial charge in [0.05, 0.1) is 0 Å². The van der Waals surface area contributed by atoms with Crippen LogP contribution in [0.1, 0.15) is 115 Å². The topological polar surface area (TPSA) is 52.6 Å². The molecule has 0 radical (unpaired) electrons. The van der Waals surface area contributed by atoms with E-state index in [-0.39, 0.29) is 0 Å². The monoisotopic (exact) mass is 494 g/mol. The molecule has 0 amide bonds. The van der Waals surface area contributed by atoms with Crippen LogP contribution in [0.3, 0.4) is 0 Å². The van der Waals surface area contributed by atoms with Gasteiger partial charge in [-0.15, -0.1) is 0 Å². The van der Waals surface area contributed by atoms with Gasteiger partial charge in [0, 0.05) is 0 Å². The summed E-state index contributed by atoms with van der Waals surface area (Å²) < 4.78 is 10.6. The summed E-state index contributed by atoms with van der Waals surface area (Å²) >= 11 is 0. The van der Waals surface area contributed by atoms with E-state index in [4.69, 9.17) is 9.47 Å². The number of rotatable bonds is 17. The largest absolute Gasteiger partial charge is 0.423 e. The molecule has 36 heavy (non-hydrogen) atoms. The van der Waals surface area contributed by atoms with Gasteiger partial charge in [0.25, 0.3) is 0 Å². The number of esters is 2. The van der Waals surface area contributed by atoms with Crippen molar-refractivity contribution in [1.82, 2.24) is 0 Å². The summed E-state index contributed by atoms with van der Waals surface area (Å²) in [7, 11) is 0. The van der Waals surface area contributed by atoms with Crippen molar-refractivity contribution in [3.8, 4) is 11.5 Å². The van der Waals surface area contributed by atoms with Crippen LogP contribution in [0.4, 0.5) is 0 Å². The highest BCUT2D eigenvalue weighted by Crippen LogP contribution is 2.23. The first-order valence-corrected chi connectivity index (χ1v) is 14.2. The second kappa shape index (κ2) is 17.8. The van der Waals surface area contributed by atoms with Gasteiger partial charge in [0.2, 0.25) is 0 Å². The van der Waals surface area contributed by atoms with Gasteiger partial charge in [0.1, 0.15) is 11.5 Å². The normalized spacial score (nSPS) is 10.9. The van der Waals surface area contributed by atoms with E-state index in [1.165, 1.54) is 75.3 Å². The molecule has 0 atom stereocenters. The van der Waals surface area contributed by atoms with Gasteiger partial charge in [-0.25, -0.2) is 9.59 Å². The van der Waals surface area contributed by atoms with Crippen molar-refractivity contribution in [2.24, 2.45) is 0 Å². The number of aryl methyl sites for hydroxylation is 3. The minimum atomic E-state index is -1.00. The molecule has 0 unspecified atom stereocenters. The average Bonchev–Trinajstić information content (AvgIpc) is 2.89. The number of hydrogen-bond donors (Lipinski definition) is 0. The molecule has 0 aliphatic carbocycles. The second-order valence-corrected chi connectivity index (χ2v) is 9.75. The lowest BCUT2D eigenvalue weighted by Crippen LogP contribution is -2.25. The number of hydrogen-bond acceptors (Lipinski definition) is 4. The van der Waals surface area contributed by atoms with Crippen molar-refractivity contribution in [2.75, 3.05) is 0 Å². The zero-order valence-corrected chi connectivity index (χ0v) is 22.8. The van der Waals surface area contributed by atoms with Gasteiger partial charge in [-0.3, -0.25) is 0 Å². The molecule has 4 nitrogen and oxygen atoms in total. The van der Waals surface area contributed by atoms with Crippen LogP contribution in [0.5, 0.6) is 11.5 Å². The second-order valence-electron chi connectivity index (χ2n) is 9.75. The third kappa shape index (κ3) is 11.4. The number of ether oxygens (including phenoxy) is 2. The summed E-state index contributed by atoms with van der Waals surface area (Å²) in [5, 5.41) is 0. The number of carbonyl (C=O) groups excluding carboxylic acids is 2. The van der Waals surface area contributed by atoms with Crippen LogP contribution in [0, 0.1) is 0 Å². The summed E-state index contributed by atoms with van der Waals surface area (Å²) in [6.07, 6.45) is 17.9. The predicted octanol–water partition coefficient (Wildman–Crippen LogP) is 8.57. The van der Waals surface area contributed by atoms with Crippen LogP contribution in [-0.2, 0) is 28.9 Å². The van der Waals surface area contributed by atoms with E-state index in [1.807, 2.05) is 25.1 Å². The van der Waals surface area contributed by atoms with Crippen LogP contribution in [-0.4, -0.2) is 11.9 Å². The van der Waals surface area contributed by atoms with Gasteiger partial charge < -0.3 is 9.47 Å². The summed E-state index contributed by atoms with van der Waals surface area (Å²) in [6.45, 7) is 6.48. The fourth-order valence-corrected chi connectivity index (χ4v) is 4.40. The molecule has 0 N–H and O–H groups in total. The van der Waals surface area contributed by atoms with E-state index < -0.39 is 11.9 Å². The number of carbonyl (C=O) groups is 2. The lowest BCUT2D eigenvalue weighted by molar-refractivity contribution is -0.156. The quantitative estimate of drug-likeness (QED) is 0.0956. The molecule has 4 heteroatoms. The Bertz CT molecular complexity index is 901. The molecule has 0 spiro atoms. The first kappa shape index (κ1) is 29.6. The van der Waals surface area contributed by atoms with E-state index in [9.17, 15) is 9.59 Å². The fraction of sp³-hybridized carbons (Fsp3) is 0.562. The third-order valence-electron chi connectivity index (χ3n) is 6.65. The van der Waals surface area contributed by atoms with E-state index in [1.54, 1.807) is 18.2 Å². The predicted molar refractivity (Wildman–Crippen MR) is 148 cm³/mol. The lowest BCUT2D eigenvalue weighted by atomic mass is 10.0. The van der Waals surface area contributed by atoms with Gasteiger partial charge in [-0.05, 0) is 67.0 Å². The van der Waals surface area contributed by atoms with E-state index in [0.29, 0.717) is 11.5 Å². The molecule has 2 aromatic carbocycles. The van der Waals surface area contributed by atoms with Crippen molar-refractivity contribution in [3.63, 3.8) is 0 Å². The molecule has 0 aromatic heterocycles. The van der Waals surface area contributed by atoms with Gasteiger partial charge in [0.15, 0.2) is 0 Å². The zero-order chi connectivity index (χ0) is 26.0. The van der Waals surface area contributed by atoms with E-state index in [2.05, 4.69) is 19.9 Å². The molecule has 0 fully saturated rings. The number of unbranched alkanes of at least 4 members (excludes halogenated alkanes) is 10. The highest BCUT2D eigenvalue weighted by atomic mass is 16.6. The van der Waals surface area contributed by atoms with Crippen LogP contribution in [0.15, 0.2) is 42.5 Å². The highest BCUT2D eigenvalue weighted by Gasteiger charge is 2.20. The third-order valence-corrected chi connectivity index (χ3v) is 6.65. The Morgan fingerprint density at radius 1 is 0.583 bits per heavy atom. The summed E-state index contributed by atoms with van der Waals surface area (Å²) in [5.74, 6) is -1.21. The molecule has 2 rings (SSSR count). The first-order chi connectivity index (χ1) is 17.6. The van der Waals surface area contributed by atoms with E-state index in [0.717, 1.165) is 37.7 Å². The Labute approximate surface area is 218 Å². The maximum absolute atomic E-state index is 12.4. The van der Waals surface area contributed by atoms with Crippen LogP contribution >= 0.6 is 0 Å². The lowest BCUT2D eigenvalue weighted by Gasteiger charge is -2.11. The summed E-state index contributed by atoms with van der Waals surface area (Å²) in [4.78, 5) is 24.7. The molecule has 2 aromatic rings. The molecular formula is C32H46O4. The maximum Gasteiger partial charge on any atom is 0.423 e. The van der Waals surface area contributed by atoms with Crippen LogP contribution < -0.4 is 9.47 Å². The molecule has 0 bridgehead atoms. The Kier molecular flexibility index (Phi) is 14.6. The minimum absolute atomic E-state index is 0.355. The molecular weight excluding hydrogens is 448 g/mol. The van der Waals surface area contributed by atoms with Crippen molar-refractivity contribution >= 4 is 11.9 Å². The number of benzene rings is 2. The van der Waals surface area contributed by atoms with Crippen molar-refractivity contribution < 1.29 is 19.1 Å².